The number of benzene rings is 1. The first-order valence-electron chi connectivity index (χ1n) is 5.91. The van der Waals surface area contributed by atoms with E-state index >= 15 is 0 Å². The molecule has 6 nitrogen and oxygen atoms in total. The van der Waals surface area contributed by atoms with Gasteiger partial charge in [-0.1, -0.05) is 13.3 Å². The first-order chi connectivity index (χ1) is 9.13. The van der Waals surface area contributed by atoms with Crippen LogP contribution < -0.4 is 9.44 Å². The van der Waals surface area contributed by atoms with Gasteiger partial charge in [0.25, 0.3) is 0 Å². The average Bonchev–Trinajstić information content (AvgIpc) is 2.28. The van der Waals surface area contributed by atoms with Crippen LogP contribution in [-0.4, -0.2) is 28.8 Å². The monoisotopic (exact) mass is 324 g/mol. The minimum absolute atomic E-state index is 0.0195. The second kappa shape index (κ2) is 6.40. The molecule has 1 rings (SSSR count). The lowest BCUT2D eigenvalue weighted by molar-refractivity contribution is 0.597. The Morgan fingerprint density at radius 3 is 2.30 bits per heavy atom. The van der Waals surface area contributed by atoms with E-state index in [0.29, 0.717) is 12.8 Å². The first-order valence-corrected chi connectivity index (χ1v) is 9.45. The molecule has 0 aliphatic heterocycles. The summed E-state index contributed by atoms with van der Waals surface area (Å²) in [5.41, 5.74) is -0.152. The van der Waals surface area contributed by atoms with Gasteiger partial charge in [-0.2, -0.15) is 0 Å². The van der Waals surface area contributed by atoms with Crippen molar-refractivity contribution in [3.8, 4) is 0 Å². The molecular weight excluding hydrogens is 307 g/mol. The van der Waals surface area contributed by atoms with Gasteiger partial charge in [-0.15, -0.1) is 0 Å². The summed E-state index contributed by atoms with van der Waals surface area (Å²) in [6.07, 6.45) is 2.07. The fourth-order valence-corrected chi connectivity index (χ4v) is 3.29. The molecule has 0 atom stereocenters. The Kier molecular flexibility index (Phi) is 5.35. The molecule has 20 heavy (non-hydrogen) atoms. The quantitative estimate of drug-likeness (QED) is 0.799. The number of hydrogen-bond acceptors (Lipinski definition) is 4. The Morgan fingerprint density at radius 1 is 1.10 bits per heavy atom. The minimum Gasteiger partial charge on any atom is -0.282 e. The van der Waals surface area contributed by atoms with E-state index in [0.717, 1.165) is 24.5 Å². The van der Waals surface area contributed by atoms with Gasteiger partial charge in [-0.3, -0.25) is 9.44 Å². The van der Waals surface area contributed by atoms with Gasteiger partial charge in [0.2, 0.25) is 20.0 Å². The van der Waals surface area contributed by atoms with Gasteiger partial charge in [-0.25, -0.2) is 21.2 Å². The Bertz CT molecular complexity index is 672. The molecule has 0 aliphatic rings. The molecular formula is C11H17FN2O4S2. The topological polar surface area (TPSA) is 92.3 Å². The second-order valence-corrected chi connectivity index (χ2v) is 7.93. The summed E-state index contributed by atoms with van der Waals surface area (Å²) < 4.78 is 63.5. The third-order valence-electron chi connectivity index (χ3n) is 2.31. The average molecular weight is 324 g/mol. The number of unbranched alkanes of at least 4 members (excludes halogenated alkanes) is 1. The van der Waals surface area contributed by atoms with Crippen molar-refractivity contribution < 1.29 is 21.2 Å². The Morgan fingerprint density at radius 2 is 1.75 bits per heavy atom. The normalized spacial score (nSPS) is 12.2. The Balaban J connectivity index is 3.07. The van der Waals surface area contributed by atoms with Gasteiger partial charge in [-0.05, 0) is 18.6 Å². The standard InChI is InChI=1S/C11H17FN2O4S2/c1-3-4-7-20(17,18)14-11-8-9(12)5-6-10(11)13-19(2,15)16/h5-6,8,13-14H,3-4,7H2,1-2H3. The number of halogens is 1. The molecule has 0 bridgehead atoms. The van der Waals surface area contributed by atoms with Gasteiger partial charge in [0, 0.05) is 6.07 Å². The summed E-state index contributed by atoms with van der Waals surface area (Å²) in [7, 11) is -7.24. The maximum Gasteiger partial charge on any atom is 0.232 e. The summed E-state index contributed by atoms with van der Waals surface area (Å²) in [6.45, 7) is 1.84. The molecule has 0 heterocycles. The Hall–Kier alpha value is -1.35. The Labute approximate surface area is 118 Å². The number of sulfonamides is 2. The molecule has 0 fully saturated rings. The highest BCUT2D eigenvalue weighted by Crippen LogP contribution is 2.25. The SMILES string of the molecule is CCCCS(=O)(=O)Nc1cc(F)ccc1NS(C)(=O)=O. The van der Waals surface area contributed by atoms with Gasteiger partial charge in [0.05, 0.1) is 23.4 Å². The highest BCUT2D eigenvalue weighted by molar-refractivity contribution is 7.93. The fourth-order valence-electron chi connectivity index (χ4n) is 1.44. The highest BCUT2D eigenvalue weighted by Gasteiger charge is 2.15. The zero-order valence-corrected chi connectivity index (χ0v) is 12.8. The summed E-state index contributed by atoms with van der Waals surface area (Å²) >= 11 is 0. The maximum absolute atomic E-state index is 13.2. The largest absolute Gasteiger partial charge is 0.282 e. The molecule has 1 aromatic carbocycles. The minimum atomic E-state index is -3.64. The van der Waals surface area contributed by atoms with E-state index in [1.807, 2.05) is 6.92 Å². The van der Waals surface area contributed by atoms with Crippen LogP contribution in [0.5, 0.6) is 0 Å². The zero-order chi connectivity index (χ0) is 15.4. The molecule has 114 valence electrons. The van der Waals surface area contributed by atoms with Crippen molar-refractivity contribution >= 4 is 31.4 Å². The van der Waals surface area contributed by atoms with Crippen LogP contribution in [-0.2, 0) is 20.0 Å². The smallest absolute Gasteiger partial charge is 0.232 e. The molecule has 2 N–H and O–H groups in total. The van der Waals surface area contributed by atoms with E-state index < -0.39 is 25.9 Å². The van der Waals surface area contributed by atoms with E-state index in [-0.39, 0.29) is 17.1 Å². The molecule has 1 aromatic rings. The molecule has 0 amide bonds. The predicted molar refractivity (Wildman–Crippen MR) is 77.2 cm³/mol. The van der Waals surface area contributed by atoms with Crippen LogP contribution in [0.1, 0.15) is 19.8 Å². The summed E-state index contributed by atoms with van der Waals surface area (Å²) in [4.78, 5) is 0. The molecule has 0 aromatic heterocycles. The van der Waals surface area contributed by atoms with E-state index in [1.54, 1.807) is 0 Å². The van der Waals surface area contributed by atoms with Crippen molar-refractivity contribution in [3.63, 3.8) is 0 Å². The lowest BCUT2D eigenvalue weighted by Crippen LogP contribution is -2.19. The molecule has 0 aliphatic carbocycles. The third-order valence-corrected chi connectivity index (χ3v) is 4.26. The maximum atomic E-state index is 13.2. The van der Waals surface area contributed by atoms with Crippen molar-refractivity contribution in [2.45, 2.75) is 19.8 Å². The predicted octanol–water partition coefficient (Wildman–Crippen LogP) is 1.74. The van der Waals surface area contributed by atoms with Crippen molar-refractivity contribution in [1.29, 1.82) is 0 Å². The van der Waals surface area contributed by atoms with E-state index in [1.165, 1.54) is 0 Å². The number of nitrogens with one attached hydrogen (secondary N) is 2. The highest BCUT2D eigenvalue weighted by atomic mass is 32.2. The van der Waals surface area contributed by atoms with E-state index in [4.69, 9.17) is 0 Å². The second-order valence-electron chi connectivity index (χ2n) is 4.34. The van der Waals surface area contributed by atoms with E-state index in [2.05, 4.69) is 9.44 Å². The molecule has 0 spiro atoms. The number of hydrogen-bond donors (Lipinski definition) is 2. The van der Waals surface area contributed by atoms with Gasteiger partial charge in [0.15, 0.2) is 0 Å². The first kappa shape index (κ1) is 16.7. The van der Waals surface area contributed by atoms with Crippen molar-refractivity contribution in [3.05, 3.63) is 24.0 Å². The van der Waals surface area contributed by atoms with Gasteiger partial charge >= 0.3 is 0 Å². The van der Waals surface area contributed by atoms with Crippen LogP contribution in [0, 0.1) is 5.82 Å². The van der Waals surface area contributed by atoms with E-state index in [9.17, 15) is 21.2 Å². The fraction of sp³-hybridized carbons (Fsp3) is 0.455. The molecule has 0 saturated heterocycles. The van der Waals surface area contributed by atoms with Crippen molar-refractivity contribution in [2.24, 2.45) is 0 Å². The van der Waals surface area contributed by atoms with Crippen LogP contribution in [0.2, 0.25) is 0 Å². The van der Waals surface area contributed by atoms with Crippen LogP contribution in [0.25, 0.3) is 0 Å². The molecule has 0 saturated carbocycles. The van der Waals surface area contributed by atoms with Gasteiger partial charge < -0.3 is 0 Å². The van der Waals surface area contributed by atoms with Crippen molar-refractivity contribution in [1.82, 2.24) is 0 Å². The number of anilines is 2. The van der Waals surface area contributed by atoms with Crippen LogP contribution in [0.15, 0.2) is 18.2 Å². The summed E-state index contributed by atoms with van der Waals surface area (Å²) in [5, 5.41) is 0. The zero-order valence-electron chi connectivity index (χ0n) is 11.2. The molecule has 9 heteroatoms. The number of rotatable bonds is 7. The van der Waals surface area contributed by atoms with Crippen LogP contribution >= 0.6 is 0 Å². The van der Waals surface area contributed by atoms with Crippen LogP contribution in [0.3, 0.4) is 0 Å². The lowest BCUT2D eigenvalue weighted by Gasteiger charge is -2.13. The molecule has 0 radical (unpaired) electrons. The third kappa shape index (κ3) is 5.74. The summed E-state index contributed by atoms with van der Waals surface area (Å²) in [5.74, 6) is -0.782. The lowest BCUT2D eigenvalue weighted by atomic mass is 10.3. The van der Waals surface area contributed by atoms with Crippen molar-refractivity contribution in [2.75, 3.05) is 21.5 Å². The summed E-state index contributed by atoms with van der Waals surface area (Å²) in [6, 6.07) is 3.13. The molecule has 0 unspecified atom stereocenters. The van der Waals surface area contributed by atoms with Crippen LogP contribution in [0.4, 0.5) is 15.8 Å². The van der Waals surface area contributed by atoms with Gasteiger partial charge in [0.1, 0.15) is 5.82 Å².